The minimum atomic E-state index is 0.742. The lowest BCUT2D eigenvalue weighted by atomic mass is 10.2. The van der Waals surface area contributed by atoms with Crippen LogP contribution in [0.15, 0.2) is 30.6 Å². The summed E-state index contributed by atoms with van der Waals surface area (Å²) in [6.45, 7) is 1.64. The van der Waals surface area contributed by atoms with E-state index in [0.29, 0.717) is 0 Å². The van der Waals surface area contributed by atoms with Crippen LogP contribution in [0.1, 0.15) is 12.8 Å². The second-order valence-corrected chi connectivity index (χ2v) is 3.66. The number of nitrogens with one attached hydrogen (secondary N) is 1. The first-order valence-electron chi connectivity index (χ1n) is 5.55. The molecule has 0 atom stereocenters. The van der Waals surface area contributed by atoms with E-state index in [4.69, 9.17) is 5.73 Å². The molecular formula is C12H16N4. The first-order chi connectivity index (χ1) is 7.92. The second kappa shape index (κ2) is 5.42. The molecule has 4 nitrogen and oxygen atoms in total. The van der Waals surface area contributed by atoms with Crippen molar-refractivity contribution in [2.45, 2.75) is 12.8 Å². The van der Waals surface area contributed by atoms with Gasteiger partial charge in [-0.2, -0.15) is 0 Å². The standard InChI is InChI=1S/C12H16N4/c13-7-3-4-8-14-12-10-5-1-2-6-11(10)15-9-16-12/h1-2,5-6,9H,3-4,7-8,13H2,(H,14,15,16). The van der Waals surface area contributed by atoms with Gasteiger partial charge in [-0.05, 0) is 31.5 Å². The van der Waals surface area contributed by atoms with Crippen molar-refractivity contribution >= 4 is 16.7 Å². The molecule has 0 aliphatic rings. The SMILES string of the molecule is NCCCCNc1ncnc2ccccc12. The Labute approximate surface area is 94.9 Å². The Morgan fingerprint density at radius 2 is 2.00 bits per heavy atom. The Hall–Kier alpha value is -1.68. The van der Waals surface area contributed by atoms with Crippen LogP contribution in [0.25, 0.3) is 10.9 Å². The zero-order valence-corrected chi connectivity index (χ0v) is 9.19. The lowest BCUT2D eigenvalue weighted by Gasteiger charge is -2.07. The smallest absolute Gasteiger partial charge is 0.137 e. The highest BCUT2D eigenvalue weighted by Crippen LogP contribution is 2.17. The average molecular weight is 216 g/mol. The molecule has 0 fully saturated rings. The first kappa shape index (κ1) is 10.8. The van der Waals surface area contributed by atoms with Gasteiger partial charge in [-0.3, -0.25) is 0 Å². The summed E-state index contributed by atoms with van der Waals surface area (Å²) in [5.74, 6) is 0.905. The van der Waals surface area contributed by atoms with Gasteiger partial charge in [0.25, 0.3) is 0 Å². The van der Waals surface area contributed by atoms with E-state index in [2.05, 4.69) is 15.3 Å². The maximum atomic E-state index is 5.45. The molecule has 0 aliphatic heterocycles. The number of para-hydroxylation sites is 1. The Morgan fingerprint density at radius 3 is 2.88 bits per heavy atom. The predicted octanol–water partition coefficient (Wildman–Crippen LogP) is 1.78. The molecule has 0 amide bonds. The van der Waals surface area contributed by atoms with E-state index in [1.807, 2.05) is 24.3 Å². The summed E-state index contributed by atoms with van der Waals surface area (Å²) in [7, 11) is 0. The van der Waals surface area contributed by atoms with Crippen molar-refractivity contribution in [2.24, 2.45) is 5.73 Å². The van der Waals surface area contributed by atoms with Crippen molar-refractivity contribution in [3.8, 4) is 0 Å². The number of nitrogens with zero attached hydrogens (tertiary/aromatic N) is 2. The molecule has 4 heteroatoms. The number of nitrogens with two attached hydrogens (primary N) is 1. The van der Waals surface area contributed by atoms with Crippen molar-refractivity contribution in [2.75, 3.05) is 18.4 Å². The quantitative estimate of drug-likeness (QED) is 0.748. The number of anilines is 1. The molecule has 3 N–H and O–H groups in total. The number of rotatable bonds is 5. The summed E-state index contributed by atoms with van der Waals surface area (Å²) in [4.78, 5) is 8.47. The fourth-order valence-electron chi connectivity index (χ4n) is 1.62. The number of benzene rings is 1. The lowest BCUT2D eigenvalue weighted by molar-refractivity contribution is 0.773. The van der Waals surface area contributed by atoms with E-state index in [1.54, 1.807) is 6.33 Å². The third-order valence-corrected chi connectivity index (χ3v) is 2.47. The van der Waals surface area contributed by atoms with Crippen LogP contribution in [0.4, 0.5) is 5.82 Å². The molecule has 1 aromatic heterocycles. The summed E-state index contributed by atoms with van der Waals surface area (Å²) >= 11 is 0. The van der Waals surface area contributed by atoms with Gasteiger partial charge in [-0.1, -0.05) is 12.1 Å². The highest BCUT2D eigenvalue weighted by Gasteiger charge is 2.00. The van der Waals surface area contributed by atoms with Crippen LogP contribution in [0.2, 0.25) is 0 Å². The molecule has 0 aliphatic carbocycles. The third-order valence-electron chi connectivity index (χ3n) is 2.47. The molecule has 0 unspecified atom stereocenters. The molecule has 16 heavy (non-hydrogen) atoms. The molecular weight excluding hydrogens is 200 g/mol. The molecule has 84 valence electrons. The predicted molar refractivity (Wildman–Crippen MR) is 66.3 cm³/mol. The van der Waals surface area contributed by atoms with Gasteiger partial charge < -0.3 is 11.1 Å². The van der Waals surface area contributed by atoms with Crippen molar-refractivity contribution in [1.82, 2.24) is 9.97 Å². The number of hydrogen-bond acceptors (Lipinski definition) is 4. The summed E-state index contributed by atoms with van der Waals surface area (Å²) in [6.07, 6.45) is 3.69. The van der Waals surface area contributed by atoms with Crippen LogP contribution in [-0.4, -0.2) is 23.1 Å². The maximum Gasteiger partial charge on any atom is 0.137 e. The summed E-state index contributed by atoms with van der Waals surface area (Å²) in [5, 5.41) is 4.38. The van der Waals surface area contributed by atoms with Gasteiger partial charge in [-0.15, -0.1) is 0 Å². The minimum absolute atomic E-state index is 0.742. The zero-order chi connectivity index (χ0) is 11.2. The first-order valence-corrected chi connectivity index (χ1v) is 5.55. The minimum Gasteiger partial charge on any atom is -0.369 e. The van der Waals surface area contributed by atoms with Gasteiger partial charge in [0.1, 0.15) is 12.1 Å². The largest absolute Gasteiger partial charge is 0.369 e. The van der Waals surface area contributed by atoms with Gasteiger partial charge >= 0.3 is 0 Å². The van der Waals surface area contributed by atoms with Gasteiger partial charge in [-0.25, -0.2) is 9.97 Å². The lowest BCUT2D eigenvalue weighted by Crippen LogP contribution is -2.07. The Balaban J connectivity index is 2.11. The number of fused-ring (bicyclic) bond motifs is 1. The number of unbranched alkanes of at least 4 members (excludes halogenated alkanes) is 1. The molecule has 1 aromatic carbocycles. The van der Waals surface area contributed by atoms with Crippen LogP contribution in [0.3, 0.4) is 0 Å². The van der Waals surface area contributed by atoms with Crippen LogP contribution < -0.4 is 11.1 Å². The summed E-state index contributed by atoms with van der Waals surface area (Å²) < 4.78 is 0. The van der Waals surface area contributed by atoms with E-state index in [1.165, 1.54) is 0 Å². The van der Waals surface area contributed by atoms with Gasteiger partial charge in [0.2, 0.25) is 0 Å². The van der Waals surface area contributed by atoms with E-state index in [0.717, 1.165) is 42.7 Å². The highest BCUT2D eigenvalue weighted by molar-refractivity contribution is 5.88. The van der Waals surface area contributed by atoms with Gasteiger partial charge in [0.05, 0.1) is 5.52 Å². The average Bonchev–Trinajstić information content (AvgIpc) is 2.35. The Kier molecular flexibility index (Phi) is 3.66. The molecule has 0 saturated heterocycles. The van der Waals surface area contributed by atoms with Gasteiger partial charge in [0, 0.05) is 11.9 Å². The Morgan fingerprint density at radius 1 is 1.12 bits per heavy atom. The molecule has 2 aromatic rings. The fraction of sp³-hybridized carbons (Fsp3) is 0.333. The molecule has 0 radical (unpaired) electrons. The molecule has 2 rings (SSSR count). The second-order valence-electron chi connectivity index (χ2n) is 3.66. The number of aromatic nitrogens is 2. The van der Waals surface area contributed by atoms with Crippen LogP contribution in [-0.2, 0) is 0 Å². The van der Waals surface area contributed by atoms with Crippen molar-refractivity contribution in [1.29, 1.82) is 0 Å². The van der Waals surface area contributed by atoms with Gasteiger partial charge in [0.15, 0.2) is 0 Å². The van der Waals surface area contributed by atoms with E-state index >= 15 is 0 Å². The van der Waals surface area contributed by atoms with Crippen molar-refractivity contribution in [3.63, 3.8) is 0 Å². The zero-order valence-electron chi connectivity index (χ0n) is 9.19. The van der Waals surface area contributed by atoms with Crippen molar-refractivity contribution < 1.29 is 0 Å². The maximum absolute atomic E-state index is 5.45. The van der Waals surface area contributed by atoms with Crippen LogP contribution >= 0.6 is 0 Å². The van der Waals surface area contributed by atoms with E-state index < -0.39 is 0 Å². The molecule has 0 spiro atoms. The fourth-order valence-corrected chi connectivity index (χ4v) is 1.62. The third kappa shape index (κ3) is 2.46. The summed E-state index contributed by atoms with van der Waals surface area (Å²) in [5.41, 5.74) is 6.42. The topological polar surface area (TPSA) is 63.8 Å². The summed E-state index contributed by atoms with van der Waals surface area (Å²) in [6, 6.07) is 7.99. The Bertz CT molecular complexity index is 450. The molecule has 0 bridgehead atoms. The van der Waals surface area contributed by atoms with Crippen LogP contribution in [0.5, 0.6) is 0 Å². The van der Waals surface area contributed by atoms with Crippen molar-refractivity contribution in [3.05, 3.63) is 30.6 Å². The van der Waals surface area contributed by atoms with E-state index in [9.17, 15) is 0 Å². The molecule has 0 saturated carbocycles. The monoisotopic (exact) mass is 216 g/mol. The van der Waals surface area contributed by atoms with Crippen LogP contribution in [0, 0.1) is 0 Å². The van der Waals surface area contributed by atoms with E-state index in [-0.39, 0.29) is 0 Å². The molecule has 1 heterocycles. The number of hydrogen-bond donors (Lipinski definition) is 2. The highest BCUT2D eigenvalue weighted by atomic mass is 15.0. The normalized spacial score (nSPS) is 10.6.